The van der Waals surface area contributed by atoms with E-state index in [0.29, 0.717) is 11.0 Å². The Morgan fingerprint density at radius 3 is 2.58 bits per heavy atom. The Morgan fingerprint density at radius 1 is 1.21 bits per heavy atom. The monoisotopic (exact) mass is 259 g/mol. The summed E-state index contributed by atoms with van der Waals surface area (Å²) in [5, 5.41) is 3.86. The van der Waals surface area contributed by atoms with Gasteiger partial charge in [0.25, 0.3) is 0 Å². The van der Waals surface area contributed by atoms with Gasteiger partial charge >= 0.3 is 0 Å². The van der Waals surface area contributed by atoms with Crippen molar-refractivity contribution in [3.05, 3.63) is 35.4 Å². The lowest BCUT2D eigenvalue weighted by Gasteiger charge is -2.43. The van der Waals surface area contributed by atoms with E-state index in [1.165, 1.54) is 49.8 Å². The van der Waals surface area contributed by atoms with Gasteiger partial charge < -0.3 is 5.32 Å². The first-order chi connectivity index (χ1) is 8.89. The fourth-order valence-electron chi connectivity index (χ4n) is 3.62. The molecule has 1 heterocycles. The normalized spacial score (nSPS) is 24.4. The average molecular weight is 259 g/mol. The summed E-state index contributed by atoms with van der Waals surface area (Å²) < 4.78 is 0. The smallest absolute Gasteiger partial charge is 0.0226 e. The van der Waals surface area contributed by atoms with Gasteiger partial charge in [-0.3, -0.25) is 0 Å². The molecule has 106 valence electrons. The van der Waals surface area contributed by atoms with Crippen molar-refractivity contribution in [1.29, 1.82) is 0 Å². The zero-order valence-electron chi connectivity index (χ0n) is 13.1. The van der Waals surface area contributed by atoms with Gasteiger partial charge in [-0.15, -0.1) is 0 Å². The number of piperidine rings is 1. The number of hydrogen-bond acceptors (Lipinski definition) is 1. The predicted molar refractivity (Wildman–Crippen MR) is 83.5 cm³/mol. The molecule has 1 aliphatic heterocycles. The van der Waals surface area contributed by atoms with Crippen LogP contribution in [0, 0.1) is 12.3 Å². The van der Waals surface area contributed by atoms with E-state index in [1.807, 2.05) is 0 Å². The highest BCUT2D eigenvalue weighted by Gasteiger charge is 2.35. The maximum Gasteiger partial charge on any atom is 0.0226 e. The second-order valence-corrected chi connectivity index (χ2v) is 7.57. The molecule has 1 aliphatic rings. The summed E-state index contributed by atoms with van der Waals surface area (Å²) in [6.45, 7) is 10.5. The quantitative estimate of drug-likeness (QED) is 0.843. The molecule has 1 aromatic carbocycles. The first-order valence-corrected chi connectivity index (χ1v) is 7.69. The summed E-state index contributed by atoms with van der Waals surface area (Å²) in [4.78, 5) is 0. The zero-order valence-corrected chi connectivity index (χ0v) is 13.1. The summed E-state index contributed by atoms with van der Waals surface area (Å²) in [5.41, 5.74) is 3.55. The summed E-state index contributed by atoms with van der Waals surface area (Å²) in [5.74, 6) is 0. The molecule has 1 nitrogen and oxygen atoms in total. The lowest BCUT2D eigenvalue weighted by atomic mass is 9.72. The Labute approximate surface area is 118 Å². The summed E-state index contributed by atoms with van der Waals surface area (Å²) in [6.07, 6.45) is 6.45. The largest absolute Gasteiger partial charge is 0.311 e. The molecule has 1 unspecified atom stereocenters. The Kier molecular flexibility index (Phi) is 4.35. The number of nitrogens with one attached hydrogen (secondary N) is 1. The van der Waals surface area contributed by atoms with Crippen molar-refractivity contribution in [2.45, 2.75) is 65.3 Å². The molecule has 1 atom stereocenters. The molecule has 0 saturated carbocycles. The molecular weight excluding hydrogens is 230 g/mol. The van der Waals surface area contributed by atoms with E-state index in [9.17, 15) is 0 Å². The first-order valence-electron chi connectivity index (χ1n) is 7.69. The molecule has 1 N–H and O–H groups in total. The minimum absolute atomic E-state index is 0.310. The van der Waals surface area contributed by atoms with Crippen molar-refractivity contribution in [1.82, 2.24) is 5.32 Å². The van der Waals surface area contributed by atoms with Crippen LogP contribution < -0.4 is 5.32 Å². The van der Waals surface area contributed by atoms with Gasteiger partial charge in [-0.1, -0.05) is 57.0 Å². The van der Waals surface area contributed by atoms with Crippen LogP contribution in [0.3, 0.4) is 0 Å². The number of rotatable bonds is 3. The molecule has 0 bridgehead atoms. The van der Waals surface area contributed by atoms with Crippen molar-refractivity contribution in [3.63, 3.8) is 0 Å². The minimum Gasteiger partial charge on any atom is -0.311 e. The summed E-state index contributed by atoms with van der Waals surface area (Å²) in [6, 6.07) is 9.01. The van der Waals surface area contributed by atoms with Gasteiger partial charge in [0.1, 0.15) is 0 Å². The van der Waals surface area contributed by atoms with Gasteiger partial charge in [0.2, 0.25) is 0 Å². The van der Waals surface area contributed by atoms with E-state index in [1.54, 1.807) is 0 Å². The third-order valence-corrected chi connectivity index (χ3v) is 4.08. The van der Waals surface area contributed by atoms with Gasteiger partial charge in [-0.25, -0.2) is 0 Å². The van der Waals surface area contributed by atoms with Crippen molar-refractivity contribution in [2.24, 2.45) is 5.41 Å². The third kappa shape index (κ3) is 4.35. The predicted octanol–water partition coefficient (Wildman–Crippen LogP) is 4.49. The molecule has 2 rings (SSSR count). The van der Waals surface area contributed by atoms with Crippen LogP contribution in [0.2, 0.25) is 0 Å². The van der Waals surface area contributed by atoms with Crippen molar-refractivity contribution >= 4 is 0 Å². The van der Waals surface area contributed by atoms with E-state index >= 15 is 0 Å². The number of aryl methyl sites for hydroxylation is 1. The molecule has 19 heavy (non-hydrogen) atoms. The number of hydrogen-bond donors (Lipinski definition) is 1. The van der Waals surface area contributed by atoms with Gasteiger partial charge in [0, 0.05) is 5.54 Å². The second-order valence-electron chi connectivity index (χ2n) is 7.57. The lowest BCUT2D eigenvalue weighted by Crippen LogP contribution is -2.52. The standard InChI is InChI=1S/C18H29N/c1-15-8-7-9-16(12-15)13-18(14-17(2,3)4)10-5-6-11-19-18/h7-9,12,19H,5-6,10-11,13-14H2,1-4H3. The highest BCUT2D eigenvalue weighted by Crippen LogP contribution is 2.35. The highest BCUT2D eigenvalue weighted by atomic mass is 15.0. The van der Waals surface area contributed by atoms with Crippen LogP contribution in [0.25, 0.3) is 0 Å². The Hall–Kier alpha value is -0.820. The van der Waals surface area contributed by atoms with Crippen LogP contribution in [0.5, 0.6) is 0 Å². The Bertz CT molecular complexity index is 408. The van der Waals surface area contributed by atoms with Gasteiger partial charge in [0.05, 0.1) is 0 Å². The molecule has 0 radical (unpaired) electrons. The van der Waals surface area contributed by atoms with E-state index in [-0.39, 0.29) is 0 Å². The highest BCUT2D eigenvalue weighted by molar-refractivity contribution is 5.24. The Balaban J connectivity index is 2.18. The molecule has 0 aliphatic carbocycles. The summed E-state index contributed by atoms with van der Waals surface area (Å²) in [7, 11) is 0. The van der Waals surface area contributed by atoms with E-state index in [4.69, 9.17) is 0 Å². The van der Waals surface area contributed by atoms with Gasteiger partial charge in [-0.05, 0) is 50.1 Å². The molecule has 0 spiro atoms. The van der Waals surface area contributed by atoms with E-state index in [0.717, 1.165) is 0 Å². The molecule has 0 amide bonds. The fraction of sp³-hybridized carbons (Fsp3) is 0.667. The first kappa shape index (κ1) is 14.6. The van der Waals surface area contributed by atoms with Crippen LogP contribution in [0.15, 0.2) is 24.3 Å². The van der Waals surface area contributed by atoms with Crippen molar-refractivity contribution < 1.29 is 0 Å². The van der Waals surface area contributed by atoms with E-state index < -0.39 is 0 Å². The molecular formula is C18H29N. The van der Waals surface area contributed by atoms with Crippen molar-refractivity contribution in [3.8, 4) is 0 Å². The zero-order chi connectivity index (χ0) is 13.9. The van der Waals surface area contributed by atoms with Crippen molar-refractivity contribution in [2.75, 3.05) is 6.54 Å². The minimum atomic E-state index is 0.310. The van der Waals surface area contributed by atoms with Crippen LogP contribution >= 0.6 is 0 Å². The summed E-state index contributed by atoms with van der Waals surface area (Å²) >= 11 is 0. The van der Waals surface area contributed by atoms with Gasteiger partial charge in [0.15, 0.2) is 0 Å². The molecule has 1 fully saturated rings. The molecule has 0 aromatic heterocycles. The SMILES string of the molecule is Cc1cccc(CC2(CC(C)(C)C)CCCCN2)c1. The van der Waals surface area contributed by atoms with Gasteiger partial charge in [-0.2, -0.15) is 0 Å². The molecule has 1 aromatic rings. The lowest BCUT2D eigenvalue weighted by molar-refractivity contribution is 0.168. The van der Waals surface area contributed by atoms with Crippen LogP contribution in [0.1, 0.15) is 57.6 Å². The third-order valence-electron chi connectivity index (χ3n) is 4.08. The maximum atomic E-state index is 3.86. The van der Waals surface area contributed by atoms with E-state index in [2.05, 4.69) is 57.3 Å². The molecule has 1 saturated heterocycles. The molecule has 1 heteroatoms. The average Bonchev–Trinajstić information content (AvgIpc) is 2.27. The van der Waals surface area contributed by atoms with Crippen LogP contribution in [-0.4, -0.2) is 12.1 Å². The Morgan fingerprint density at radius 2 is 2.00 bits per heavy atom. The topological polar surface area (TPSA) is 12.0 Å². The van der Waals surface area contributed by atoms with Crippen LogP contribution in [0.4, 0.5) is 0 Å². The fourth-order valence-corrected chi connectivity index (χ4v) is 3.62. The second kappa shape index (κ2) is 5.66. The maximum absolute atomic E-state index is 3.86. The number of benzene rings is 1. The van der Waals surface area contributed by atoms with Crippen LogP contribution in [-0.2, 0) is 6.42 Å².